The fraction of sp³-hybridized carbons (Fsp3) is 0.632. The average Bonchev–Trinajstić information content (AvgIpc) is 2.65. The summed E-state index contributed by atoms with van der Waals surface area (Å²) in [5.41, 5.74) is 0.972. The monoisotopic (exact) mass is 331 g/mol. The molecule has 0 aliphatic carbocycles. The molecule has 1 amide bonds. The first-order valence-corrected chi connectivity index (χ1v) is 9.18. The Morgan fingerprint density at radius 1 is 0.917 bits per heavy atom. The lowest BCUT2D eigenvalue weighted by Crippen LogP contribution is -2.51. The Morgan fingerprint density at radius 3 is 2.21 bits per heavy atom. The van der Waals surface area contributed by atoms with E-state index in [4.69, 9.17) is 0 Å². The first kappa shape index (κ1) is 17.4. The van der Waals surface area contributed by atoms with Gasteiger partial charge in [0.05, 0.1) is 12.6 Å². The van der Waals surface area contributed by atoms with Crippen molar-refractivity contribution in [3.05, 3.63) is 35.9 Å². The number of likely N-dealkylation sites (tertiary alicyclic amines) is 1. The van der Waals surface area contributed by atoms with Crippen LogP contribution >= 0.6 is 0 Å². The number of hydrogen-bond acceptors (Lipinski definition) is 4. The summed E-state index contributed by atoms with van der Waals surface area (Å²) in [7, 11) is 0. The third kappa shape index (κ3) is 4.79. The summed E-state index contributed by atoms with van der Waals surface area (Å²) in [6.07, 6.45) is 3.12. The largest absolute Gasteiger partial charge is 0.387 e. The molecule has 5 heteroatoms. The Morgan fingerprint density at radius 2 is 1.54 bits per heavy atom. The summed E-state index contributed by atoms with van der Waals surface area (Å²) in [6, 6.07) is 9.83. The lowest BCUT2D eigenvalue weighted by molar-refractivity contribution is -0.133. The molecule has 2 fully saturated rings. The Bertz CT molecular complexity index is 509. The number of benzene rings is 1. The summed E-state index contributed by atoms with van der Waals surface area (Å²) >= 11 is 0. The van der Waals surface area contributed by atoms with Crippen LogP contribution in [-0.2, 0) is 4.79 Å². The van der Waals surface area contributed by atoms with E-state index in [9.17, 15) is 9.90 Å². The van der Waals surface area contributed by atoms with Gasteiger partial charge in [-0.3, -0.25) is 14.6 Å². The normalized spacial score (nSPS) is 21.6. The van der Waals surface area contributed by atoms with Gasteiger partial charge in [-0.15, -0.1) is 0 Å². The smallest absolute Gasteiger partial charge is 0.236 e. The number of β-amino-alcohol motifs (C(OH)–C–C–N with tert-alkyl or cyclic N) is 1. The molecule has 0 bridgehead atoms. The number of aliphatic hydroxyl groups excluding tert-OH is 1. The van der Waals surface area contributed by atoms with Crippen LogP contribution in [0.4, 0.5) is 0 Å². The van der Waals surface area contributed by atoms with Gasteiger partial charge in [-0.25, -0.2) is 0 Å². The van der Waals surface area contributed by atoms with Gasteiger partial charge in [0.1, 0.15) is 0 Å². The van der Waals surface area contributed by atoms with Crippen LogP contribution in [0, 0.1) is 0 Å². The van der Waals surface area contributed by atoms with Crippen molar-refractivity contribution >= 4 is 5.91 Å². The molecule has 2 heterocycles. The molecule has 0 spiro atoms. The zero-order chi connectivity index (χ0) is 16.8. The maximum atomic E-state index is 12.3. The number of piperidine rings is 1. The summed E-state index contributed by atoms with van der Waals surface area (Å²) < 4.78 is 0. The molecule has 2 aliphatic heterocycles. The van der Waals surface area contributed by atoms with Crippen LogP contribution in [0.3, 0.4) is 0 Å². The van der Waals surface area contributed by atoms with E-state index in [0.29, 0.717) is 13.1 Å². The van der Waals surface area contributed by atoms with Crippen molar-refractivity contribution in [1.82, 2.24) is 14.7 Å². The summed E-state index contributed by atoms with van der Waals surface area (Å²) in [5.74, 6) is 0.285. The Labute approximate surface area is 144 Å². The van der Waals surface area contributed by atoms with Gasteiger partial charge >= 0.3 is 0 Å². The number of carbonyl (C=O) groups is 1. The molecule has 1 aromatic rings. The van der Waals surface area contributed by atoms with E-state index in [-0.39, 0.29) is 5.91 Å². The highest BCUT2D eigenvalue weighted by molar-refractivity contribution is 5.78. The van der Waals surface area contributed by atoms with Crippen molar-refractivity contribution in [2.45, 2.75) is 25.4 Å². The Balaban J connectivity index is 1.40. The van der Waals surface area contributed by atoms with E-state index in [1.807, 2.05) is 35.2 Å². The molecule has 1 unspecified atom stereocenters. The van der Waals surface area contributed by atoms with E-state index >= 15 is 0 Å². The maximum Gasteiger partial charge on any atom is 0.236 e. The molecule has 0 saturated carbocycles. The fourth-order valence-corrected chi connectivity index (χ4v) is 3.59. The van der Waals surface area contributed by atoms with Gasteiger partial charge in [0, 0.05) is 45.8 Å². The predicted molar refractivity (Wildman–Crippen MR) is 94.7 cm³/mol. The van der Waals surface area contributed by atoms with E-state index in [1.54, 1.807) is 0 Å². The standard InChI is InChI=1S/C19H29N3O2/c23-18(17-7-3-1-4-8-17)15-20-11-13-21(14-12-20)16-19(24)22-9-5-2-6-10-22/h1,3-4,7-8,18,23H,2,5-6,9-16H2. The third-order valence-electron chi connectivity index (χ3n) is 5.15. The summed E-state index contributed by atoms with van der Waals surface area (Å²) in [5, 5.41) is 10.3. The molecule has 1 aromatic carbocycles. The number of aliphatic hydroxyl groups is 1. The predicted octanol–water partition coefficient (Wildman–Crippen LogP) is 1.35. The van der Waals surface area contributed by atoms with Crippen LogP contribution in [0.15, 0.2) is 30.3 Å². The van der Waals surface area contributed by atoms with Crippen LogP contribution < -0.4 is 0 Å². The van der Waals surface area contributed by atoms with Gasteiger partial charge in [-0.05, 0) is 24.8 Å². The SMILES string of the molecule is O=C(CN1CCN(CC(O)c2ccccc2)CC1)N1CCCCC1. The molecule has 2 saturated heterocycles. The third-order valence-corrected chi connectivity index (χ3v) is 5.15. The van der Waals surface area contributed by atoms with Gasteiger partial charge in [-0.1, -0.05) is 30.3 Å². The van der Waals surface area contributed by atoms with Crippen LogP contribution in [0.1, 0.15) is 30.9 Å². The van der Waals surface area contributed by atoms with Gasteiger partial charge < -0.3 is 10.0 Å². The van der Waals surface area contributed by atoms with Crippen LogP contribution in [0.2, 0.25) is 0 Å². The van der Waals surface area contributed by atoms with Gasteiger partial charge in [0.2, 0.25) is 5.91 Å². The molecule has 5 nitrogen and oxygen atoms in total. The number of hydrogen-bond donors (Lipinski definition) is 1. The highest BCUT2D eigenvalue weighted by Crippen LogP contribution is 2.15. The molecule has 1 N–H and O–H groups in total. The fourth-order valence-electron chi connectivity index (χ4n) is 3.59. The number of nitrogens with zero attached hydrogens (tertiary/aromatic N) is 3. The molecule has 0 radical (unpaired) electrons. The quantitative estimate of drug-likeness (QED) is 0.885. The Hall–Kier alpha value is -1.43. The zero-order valence-electron chi connectivity index (χ0n) is 14.4. The van der Waals surface area contributed by atoms with E-state index in [1.165, 1.54) is 6.42 Å². The molecule has 132 valence electrons. The Kier molecular flexibility index (Phi) is 6.24. The maximum absolute atomic E-state index is 12.3. The van der Waals surface area contributed by atoms with Crippen molar-refractivity contribution in [3.8, 4) is 0 Å². The highest BCUT2D eigenvalue weighted by Gasteiger charge is 2.23. The molecule has 3 rings (SSSR count). The molecule has 24 heavy (non-hydrogen) atoms. The van der Waals surface area contributed by atoms with Crippen molar-refractivity contribution in [1.29, 1.82) is 0 Å². The minimum Gasteiger partial charge on any atom is -0.387 e. The summed E-state index contributed by atoms with van der Waals surface area (Å²) in [4.78, 5) is 18.9. The molecule has 1 atom stereocenters. The zero-order valence-corrected chi connectivity index (χ0v) is 14.4. The van der Waals surface area contributed by atoms with Crippen LogP contribution in [-0.4, -0.2) is 78.1 Å². The summed E-state index contributed by atoms with van der Waals surface area (Å²) in [6.45, 7) is 6.72. The van der Waals surface area contributed by atoms with Crippen molar-refractivity contribution in [3.63, 3.8) is 0 Å². The van der Waals surface area contributed by atoms with Gasteiger partial charge in [-0.2, -0.15) is 0 Å². The molecule has 0 aromatic heterocycles. The van der Waals surface area contributed by atoms with E-state index in [0.717, 1.165) is 57.7 Å². The topological polar surface area (TPSA) is 47.0 Å². The van der Waals surface area contributed by atoms with E-state index < -0.39 is 6.10 Å². The highest BCUT2D eigenvalue weighted by atomic mass is 16.3. The minimum atomic E-state index is -0.437. The molecular formula is C19H29N3O2. The average molecular weight is 331 g/mol. The van der Waals surface area contributed by atoms with Crippen LogP contribution in [0.25, 0.3) is 0 Å². The van der Waals surface area contributed by atoms with Crippen molar-refractivity contribution in [2.75, 3.05) is 52.4 Å². The lowest BCUT2D eigenvalue weighted by Gasteiger charge is -2.36. The number of rotatable bonds is 5. The van der Waals surface area contributed by atoms with Gasteiger partial charge in [0.15, 0.2) is 0 Å². The van der Waals surface area contributed by atoms with Crippen molar-refractivity contribution in [2.24, 2.45) is 0 Å². The number of amides is 1. The second kappa shape index (κ2) is 8.60. The molecular weight excluding hydrogens is 302 g/mol. The first-order chi connectivity index (χ1) is 11.7. The number of carbonyl (C=O) groups excluding carboxylic acids is 1. The number of piperazine rings is 1. The van der Waals surface area contributed by atoms with Crippen LogP contribution in [0.5, 0.6) is 0 Å². The van der Waals surface area contributed by atoms with Crippen molar-refractivity contribution < 1.29 is 9.90 Å². The van der Waals surface area contributed by atoms with Gasteiger partial charge in [0.25, 0.3) is 0 Å². The minimum absolute atomic E-state index is 0.285. The second-order valence-electron chi connectivity index (χ2n) is 6.94. The lowest BCUT2D eigenvalue weighted by atomic mass is 10.1. The molecule has 2 aliphatic rings. The second-order valence-corrected chi connectivity index (χ2v) is 6.94. The first-order valence-electron chi connectivity index (χ1n) is 9.18. The van der Waals surface area contributed by atoms with E-state index in [2.05, 4.69) is 9.80 Å².